The Bertz CT molecular complexity index is 4180. The van der Waals surface area contributed by atoms with Gasteiger partial charge in [-0.2, -0.15) is 0 Å². The van der Waals surface area contributed by atoms with E-state index in [1.54, 1.807) is 0 Å². The molecular weight excluding hydrogens is 793 g/mol. The summed E-state index contributed by atoms with van der Waals surface area (Å²) in [4.78, 5) is 0. The van der Waals surface area contributed by atoms with Crippen LogP contribution in [0.25, 0.3) is 142 Å². The number of rotatable bonds is 6. The minimum absolute atomic E-state index is 1.21. The lowest BCUT2D eigenvalue weighted by molar-refractivity contribution is 1.58. The van der Waals surface area contributed by atoms with Crippen molar-refractivity contribution in [2.24, 2.45) is 0 Å². The summed E-state index contributed by atoms with van der Waals surface area (Å²) in [5.41, 5.74) is 14.9. The van der Waals surface area contributed by atoms with E-state index in [0.717, 1.165) is 0 Å². The molecule has 0 heterocycles. The molecule has 0 saturated carbocycles. The molecule has 0 aliphatic heterocycles. The van der Waals surface area contributed by atoms with Crippen LogP contribution in [0.5, 0.6) is 0 Å². The molecule has 14 aromatic rings. The molecule has 0 atom stereocenters. The third kappa shape index (κ3) is 5.72. The van der Waals surface area contributed by atoms with Gasteiger partial charge in [-0.05, 0) is 154 Å². The maximum atomic E-state index is 2.33. The molecule has 14 rings (SSSR count). The zero-order chi connectivity index (χ0) is 43.3. The summed E-state index contributed by atoms with van der Waals surface area (Å²) in [6.07, 6.45) is 0. The third-order valence-corrected chi connectivity index (χ3v) is 14.4. The Kier molecular flexibility index (Phi) is 8.08. The number of fused-ring (bicyclic) bond motifs is 1. The molecule has 0 heteroatoms. The molecule has 14 aromatic carbocycles. The fraction of sp³-hybridized carbons (Fsp3) is 0. The zero-order valence-corrected chi connectivity index (χ0v) is 36.1. The molecule has 0 saturated heterocycles. The highest BCUT2D eigenvalue weighted by Gasteiger charge is 2.17. The molecule has 0 radical (unpaired) electrons. The van der Waals surface area contributed by atoms with E-state index >= 15 is 0 Å². The summed E-state index contributed by atoms with van der Waals surface area (Å²) >= 11 is 0. The number of benzene rings is 14. The lowest BCUT2D eigenvalue weighted by Gasteiger charge is -2.17. The molecule has 0 nitrogen and oxygen atoms in total. The average molecular weight is 833 g/mol. The van der Waals surface area contributed by atoms with Crippen LogP contribution in [0.15, 0.2) is 243 Å². The van der Waals surface area contributed by atoms with E-state index in [1.165, 1.54) is 142 Å². The Hall–Kier alpha value is -8.58. The van der Waals surface area contributed by atoms with E-state index in [9.17, 15) is 0 Å². The van der Waals surface area contributed by atoms with Crippen molar-refractivity contribution in [3.8, 4) is 66.8 Å². The van der Waals surface area contributed by atoms with Crippen LogP contribution in [0.4, 0.5) is 0 Å². The van der Waals surface area contributed by atoms with Crippen LogP contribution in [0.2, 0.25) is 0 Å². The molecule has 0 aliphatic carbocycles. The van der Waals surface area contributed by atoms with E-state index in [0.29, 0.717) is 0 Å². The Balaban J connectivity index is 0.782. The smallest absolute Gasteiger partial charge is 0.00203 e. The first kappa shape index (κ1) is 36.9. The molecule has 0 amide bonds. The van der Waals surface area contributed by atoms with Crippen molar-refractivity contribution in [1.82, 2.24) is 0 Å². The summed E-state index contributed by atoms with van der Waals surface area (Å²) in [5.74, 6) is 0. The molecule has 304 valence electrons. The summed E-state index contributed by atoms with van der Waals surface area (Å²) in [7, 11) is 0. The van der Waals surface area contributed by atoms with Crippen LogP contribution < -0.4 is 0 Å². The first-order valence-corrected chi connectivity index (χ1v) is 23.0. The average Bonchev–Trinajstić information content (AvgIpc) is 3.39. The molecule has 0 fully saturated rings. The van der Waals surface area contributed by atoms with Crippen molar-refractivity contribution in [2.45, 2.75) is 0 Å². The predicted molar refractivity (Wildman–Crippen MR) is 284 cm³/mol. The first-order valence-electron chi connectivity index (χ1n) is 23.0. The third-order valence-electron chi connectivity index (χ3n) is 14.4. The monoisotopic (exact) mass is 832 g/mol. The highest BCUT2D eigenvalue weighted by atomic mass is 14.2. The Labute approximate surface area is 383 Å². The van der Waals surface area contributed by atoms with Crippen molar-refractivity contribution in [1.29, 1.82) is 0 Å². The van der Waals surface area contributed by atoms with Gasteiger partial charge in [-0.25, -0.2) is 0 Å². The summed E-state index contributed by atoms with van der Waals surface area (Å²) in [6, 6.07) is 90.3. The SMILES string of the molecule is c1ccc(-c2ccc3ccc4c(-c5ccc(-c6cccc(-c7ccc(-c8ccc9ccc%10c(-c%11ccc%12ccccc%12c%11)ccc%11ccc8c9c%11%10)cc7)c6)cc5)ccc5ccc2c3c54)cc1. The molecule has 0 aliphatic rings. The van der Waals surface area contributed by atoms with Crippen LogP contribution >= 0.6 is 0 Å². The van der Waals surface area contributed by atoms with Gasteiger partial charge >= 0.3 is 0 Å². The minimum atomic E-state index is 1.21. The van der Waals surface area contributed by atoms with Crippen molar-refractivity contribution >= 4 is 75.4 Å². The summed E-state index contributed by atoms with van der Waals surface area (Å²) < 4.78 is 0. The van der Waals surface area contributed by atoms with Crippen molar-refractivity contribution in [2.75, 3.05) is 0 Å². The van der Waals surface area contributed by atoms with E-state index in [1.807, 2.05) is 0 Å². The Morgan fingerprint density at radius 1 is 0.152 bits per heavy atom. The van der Waals surface area contributed by atoms with Gasteiger partial charge in [0.15, 0.2) is 0 Å². The zero-order valence-electron chi connectivity index (χ0n) is 36.1. The number of hydrogen-bond donors (Lipinski definition) is 0. The van der Waals surface area contributed by atoms with Crippen molar-refractivity contribution < 1.29 is 0 Å². The van der Waals surface area contributed by atoms with Gasteiger partial charge in [-0.1, -0.05) is 231 Å². The molecule has 0 unspecified atom stereocenters. The quantitative estimate of drug-likeness (QED) is 0.146. The molecular formula is C66H40. The largest absolute Gasteiger partial charge is 0.0622 e. The molecule has 0 bridgehead atoms. The fourth-order valence-corrected chi connectivity index (χ4v) is 11.1. The summed E-state index contributed by atoms with van der Waals surface area (Å²) in [5, 5.41) is 18.2. The molecule has 66 heavy (non-hydrogen) atoms. The van der Waals surface area contributed by atoms with Gasteiger partial charge < -0.3 is 0 Å². The second-order valence-electron chi connectivity index (χ2n) is 18.0. The first-order chi connectivity index (χ1) is 32.7. The van der Waals surface area contributed by atoms with Gasteiger partial charge in [-0.3, -0.25) is 0 Å². The van der Waals surface area contributed by atoms with E-state index in [2.05, 4.69) is 243 Å². The minimum Gasteiger partial charge on any atom is -0.0622 e. The Morgan fingerprint density at radius 2 is 0.470 bits per heavy atom. The maximum absolute atomic E-state index is 2.33. The van der Waals surface area contributed by atoms with Gasteiger partial charge in [0.1, 0.15) is 0 Å². The lowest BCUT2D eigenvalue weighted by Crippen LogP contribution is -1.90. The van der Waals surface area contributed by atoms with Gasteiger partial charge in [0.2, 0.25) is 0 Å². The molecule has 0 aromatic heterocycles. The molecule has 0 N–H and O–H groups in total. The summed E-state index contributed by atoms with van der Waals surface area (Å²) in [6.45, 7) is 0. The maximum Gasteiger partial charge on any atom is -0.00203 e. The second-order valence-corrected chi connectivity index (χ2v) is 18.0. The van der Waals surface area contributed by atoms with E-state index < -0.39 is 0 Å². The van der Waals surface area contributed by atoms with E-state index in [4.69, 9.17) is 0 Å². The van der Waals surface area contributed by atoms with Crippen LogP contribution in [0.1, 0.15) is 0 Å². The van der Waals surface area contributed by atoms with Gasteiger partial charge in [-0.15, -0.1) is 0 Å². The van der Waals surface area contributed by atoms with Crippen molar-refractivity contribution in [3.05, 3.63) is 243 Å². The highest BCUT2D eigenvalue weighted by Crippen LogP contribution is 2.45. The standard InChI is InChI=1S/C66H40/c1-2-8-44(9-3-1)55-31-23-47-28-36-60-56(32-24-48-27-35-59(55)63(47)64(48)60)45-18-13-42(14-19-45)52-11-6-12-53(39-52)43-15-20-46(21-16-43)57-33-25-49-30-38-62-58(34-26-50-29-37-61(57)65(49)66(50)62)54-22-17-41-7-4-5-10-51(41)40-54/h1-40H. The predicted octanol–water partition coefficient (Wildman–Crippen LogP) is 18.6. The Morgan fingerprint density at radius 3 is 0.924 bits per heavy atom. The van der Waals surface area contributed by atoms with Crippen molar-refractivity contribution in [3.63, 3.8) is 0 Å². The topological polar surface area (TPSA) is 0 Å². The lowest BCUT2D eigenvalue weighted by atomic mass is 9.87. The van der Waals surface area contributed by atoms with Gasteiger partial charge in [0, 0.05) is 0 Å². The van der Waals surface area contributed by atoms with E-state index in [-0.39, 0.29) is 0 Å². The van der Waals surface area contributed by atoms with Crippen LogP contribution in [0, 0.1) is 0 Å². The van der Waals surface area contributed by atoms with Crippen LogP contribution in [-0.2, 0) is 0 Å². The molecule has 0 spiro atoms. The van der Waals surface area contributed by atoms with Crippen LogP contribution in [-0.4, -0.2) is 0 Å². The second kappa shape index (κ2) is 14.5. The highest BCUT2D eigenvalue weighted by molar-refractivity contribution is 6.29. The normalized spacial score (nSPS) is 11.9. The number of hydrogen-bond acceptors (Lipinski definition) is 0. The van der Waals surface area contributed by atoms with Gasteiger partial charge in [0.25, 0.3) is 0 Å². The van der Waals surface area contributed by atoms with Crippen LogP contribution in [0.3, 0.4) is 0 Å². The fourth-order valence-electron chi connectivity index (χ4n) is 11.1. The van der Waals surface area contributed by atoms with Gasteiger partial charge in [0.05, 0.1) is 0 Å².